The predicted molar refractivity (Wildman–Crippen MR) is 71.7 cm³/mol. The number of nitrogens with zero attached hydrogens (tertiary/aromatic N) is 2. The Morgan fingerprint density at radius 3 is 2.67 bits per heavy atom. The summed E-state index contributed by atoms with van der Waals surface area (Å²) in [7, 11) is 2.98. The number of halogens is 1. The second-order valence-electron chi connectivity index (χ2n) is 3.53. The Labute approximate surface area is 114 Å². The van der Waals surface area contributed by atoms with Gasteiger partial charge in [0.25, 0.3) is 5.91 Å². The highest BCUT2D eigenvalue weighted by Gasteiger charge is 2.15. The third-order valence-corrected chi connectivity index (χ3v) is 3.52. The van der Waals surface area contributed by atoms with Crippen LogP contribution in [-0.2, 0) is 4.84 Å². The molecule has 1 aromatic heterocycles. The number of hydrogen-bond donors (Lipinski definition) is 0. The number of aromatic nitrogens is 1. The molecule has 1 heterocycles. The number of thiazole rings is 1. The van der Waals surface area contributed by atoms with E-state index in [1.54, 1.807) is 24.6 Å². The fourth-order valence-corrected chi connectivity index (χ4v) is 2.27. The lowest BCUT2D eigenvalue weighted by Gasteiger charge is -2.11. The van der Waals surface area contributed by atoms with E-state index in [0.29, 0.717) is 10.7 Å². The average molecular weight is 283 g/mol. The van der Waals surface area contributed by atoms with Crippen LogP contribution < -0.4 is 0 Å². The zero-order chi connectivity index (χ0) is 13.1. The molecule has 2 aromatic rings. The summed E-state index contributed by atoms with van der Waals surface area (Å²) in [4.78, 5) is 20.9. The number of hydroxylamine groups is 2. The second-order valence-corrected chi connectivity index (χ2v) is 4.82. The molecule has 0 aliphatic carbocycles. The summed E-state index contributed by atoms with van der Waals surface area (Å²) in [6.45, 7) is 0. The molecule has 0 atom stereocenters. The van der Waals surface area contributed by atoms with E-state index in [1.165, 1.54) is 18.4 Å². The lowest BCUT2D eigenvalue weighted by atomic mass is 10.2. The molecule has 0 radical (unpaired) electrons. The van der Waals surface area contributed by atoms with Crippen LogP contribution in [0.5, 0.6) is 0 Å². The number of rotatable bonds is 3. The van der Waals surface area contributed by atoms with Crippen molar-refractivity contribution in [1.29, 1.82) is 0 Å². The van der Waals surface area contributed by atoms with Gasteiger partial charge in [0.15, 0.2) is 0 Å². The van der Waals surface area contributed by atoms with Gasteiger partial charge in [-0.3, -0.25) is 9.63 Å². The molecule has 0 unspecified atom stereocenters. The van der Waals surface area contributed by atoms with Crippen LogP contribution in [0.15, 0.2) is 29.6 Å². The SMILES string of the molecule is CON(C)C(=O)c1csc(-c2ccc(Cl)cc2)n1. The summed E-state index contributed by atoms with van der Waals surface area (Å²) in [5.41, 5.74) is 1.30. The second kappa shape index (κ2) is 5.48. The number of carbonyl (C=O) groups excluding carboxylic acids is 1. The molecule has 4 nitrogen and oxygen atoms in total. The lowest BCUT2D eigenvalue weighted by molar-refractivity contribution is -0.0760. The molecule has 0 spiro atoms. The van der Waals surface area contributed by atoms with Crippen LogP contribution >= 0.6 is 22.9 Å². The van der Waals surface area contributed by atoms with Gasteiger partial charge in [0.2, 0.25) is 0 Å². The van der Waals surface area contributed by atoms with E-state index >= 15 is 0 Å². The monoisotopic (exact) mass is 282 g/mol. The molecule has 94 valence electrons. The van der Waals surface area contributed by atoms with E-state index in [1.807, 2.05) is 12.1 Å². The Balaban J connectivity index is 2.25. The Kier molecular flexibility index (Phi) is 3.96. The van der Waals surface area contributed by atoms with Gasteiger partial charge in [0.1, 0.15) is 10.7 Å². The zero-order valence-electron chi connectivity index (χ0n) is 9.88. The highest BCUT2D eigenvalue weighted by Crippen LogP contribution is 2.25. The Morgan fingerprint density at radius 2 is 2.06 bits per heavy atom. The fraction of sp³-hybridized carbons (Fsp3) is 0.167. The summed E-state index contributed by atoms with van der Waals surface area (Å²) in [5.74, 6) is -0.269. The van der Waals surface area contributed by atoms with Gasteiger partial charge in [-0.05, 0) is 12.1 Å². The number of carbonyl (C=O) groups is 1. The van der Waals surface area contributed by atoms with E-state index < -0.39 is 0 Å². The average Bonchev–Trinajstić information content (AvgIpc) is 2.87. The van der Waals surface area contributed by atoms with Gasteiger partial charge >= 0.3 is 0 Å². The van der Waals surface area contributed by atoms with Crippen LogP contribution in [0.3, 0.4) is 0 Å². The van der Waals surface area contributed by atoms with E-state index in [2.05, 4.69) is 4.98 Å². The van der Waals surface area contributed by atoms with Crippen molar-refractivity contribution in [2.45, 2.75) is 0 Å². The molecule has 0 N–H and O–H groups in total. The van der Waals surface area contributed by atoms with Crippen molar-refractivity contribution in [3.05, 3.63) is 40.4 Å². The maximum absolute atomic E-state index is 11.8. The molecule has 0 aliphatic rings. The van der Waals surface area contributed by atoms with Crippen molar-refractivity contribution in [2.75, 3.05) is 14.2 Å². The molecule has 1 amide bonds. The predicted octanol–water partition coefficient (Wildman–Crippen LogP) is 3.10. The smallest absolute Gasteiger partial charge is 0.274 e. The van der Waals surface area contributed by atoms with Crippen LogP contribution in [-0.4, -0.2) is 30.1 Å². The first kappa shape index (κ1) is 13.0. The molecule has 0 fully saturated rings. The fourth-order valence-electron chi connectivity index (χ4n) is 1.34. The summed E-state index contributed by atoms with van der Waals surface area (Å²) < 4.78 is 0. The minimum atomic E-state index is -0.269. The molecule has 0 saturated carbocycles. The highest BCUT2D eigenvalue weighted by atomic mass is 35.5. The molecule has 0 saturated heterocycles. The summed E-state index contributed by atoms with van der Waals surface area (Å²) >= 11 is 7.23. The largest absolute Gasteiger partial charge is 0.296 e. The van der Waals surface area contributed by atoms with Gasteiger partial charge < -0.3 is 0 Å². The van der Waals surface area contributed by atoms with Crippen LogP contribution in [0.1, 0.15) is 10.5 Å². The molecular weight excluding hydrogens is 272 g/mol. The normalized spacial score (nSPS) is 10.4. The van der Waals surface area contributed by atoms with E-state index in [9.17, 15) is 4.79 Å². The third kappa shape index (κ3) is 2.69. The van der Waals surface area contributed by atoms with Gasteiger partial charge in [-0.1, -0.05) is 23.7 Å². The quantitative estimate of drug-likeness (QED) is 0.813. The summed E-state index contributed by atoms with van der Waals surface area (Å²) in [6.07, 6.45) is 0. The molecule has 18 heavy (non-hydrogen) atoms. The van der Waals surface area contributed by atoms with Crippen LogP contribution in [0.2, 0.25) is 5.02 Å². The van der Waals surface area contributed by atoms with Gasteiger partial charge in [-0.15, -0.1) is 11.3 Å². The van der Waals surface area contributed by atoms with Crippen molar-refractivity contribution in [1.82, 2.24) is 10.0 Å². The standard InChI is InChI=1S/C12H11ClN2O2S/c1-15(17-2)12(16)10-7-18-11(14-10)8-3-5-9(13)6-4-8/h3-7H,1-2H3. The molecular formula is C12H11ClN2O2S. The number of benzene rings is 1. The Bertz CT molecular complexity index is 553. The first-order valence-electron chi connectivity index (χ1n) is 5.15. The van der Waals surface area contributed by atoms with E-state index in [0.717, 1.165) is 15.6 Å². The van der Waals surface area contributed by atoms with Crippen molar-refractivity contribution in [2.24, 2.45) is 0 Å². The minimum absolute atomic E-state index is 0.269. The van der Waals surface area contributed by atoms with Crippen LogP contribution in [0.25, 0.3) is 10.6 Å². The minimum Gasteiger partial charge on any atom is -0.274 e. The summed E-state index contributed by atoms with van der Waals surface area (Å²) in [6, 6.07) is 7.33. The van der Waals surface area contributed by atoms with E-state index in [-0.39, 0.29) is 5.91 Å². The van der Waals surface area contributed by atoms with Crippen molar-refractivity contribution in [3.8, 4) is 10.6 Å². The van der Waals surface area contributed by atoms with Crippen LogP contribution in [0.4, 0.5) is 0 Å². The molecule has 6 heteroatoms. The van der Waals surface area contributed by atoms with Crippen molar-refractivity contribution < 1.29 is 9.63 Å². The third-order valence-electron chi connectivity index (χ3n) is 2.37. The zero-order valence-corrected chi connectivity index (χ0v) is 11.5. The van der Waals surface area contributed by atoms with Crippen molar-refractivity contribution in [3.63, 3.8) is 0 Å². The summed E-state index contributed by atoms with van der Waals surface area (Å²) in [5, 5.41) is 4.30. The van der Waals surface area contributed by atoms with Gasteiger partial charge in [-0.25, -0.2) is 10.0 Å². The number of amides is 1. The Hall–Kier alpha value is -1.43. The maximum Gasteiger partial charge on any atom is 0.296 e. The molecule has 1 aromatic carbocycles. The lowest BCUT2D eigenvalue weighted by Crippen LogP contribution is -2.25. The first-order valence-corrected chi connectivity index (χ1v) is 6.41. The first-order chi connectivity index (χ1) is 8.61. The maximum atomic E-state index is 11.8. The Morgan fingerprint density at radius 1 is 1.39 bits per heavy atom. The van der Waals surface area contributed by atoms with E-state index in [4.69, 9.17) is 16.4 Å². The topological polar surface area (TPSA) is 42.4 Å². The number of hydrogen-bond acceptors (Lipinski definition) is 4. The van der Waals surface area contributed by atoms with Gasteiger partial charge in [-0.2, -0.15) is 0 Å². The molecule has 0 bridgehead atoms. The molecule has 0 aliphatic heterocycles. The molecule has 2 rings (SSSR count). The van der Waals surface area contributed by atoms with Gasteiger partial charge in [0.05, 0.1) is 7.11 Å². The van der Waals surface area contributed by atoms with Crippen molar-refractivity contribution >= 4 is 28.8 Å². The van der Waals surface area contributed by atoms with Crippen LogP contribution in [0, 0.1) is 0 Å². The highest BCUT2D eigenvalue weighted by molar-refractivity contribution is 7.13. The van der Waals surface area contributed by atoms with Gasteiger partial charge in [0, 0.05) is 23.0 Å².